The lowest BCUT2D eigenvalue weighted by molar-refractivity contribution is -0.206. The fourth-order valence-corrected chi connectivity index (χ4v) is 9.01. The number of cyclic esters (lactones) is 1. The van der Waals surface area contributed by atoms with Crippen LogP contribution in [0.2, 0.25) is 0 Å². The number of ketones is 2. The predicted molar refractivity (Wildman–Crippen MR) is 216 cm³/mol. The smallest absolute Gasteiger partial charge is 0.329 e. The first-order valence-corrected chi connectivity index (χ1v) is 20.9. The number of nitrogens with zero attached hydrogens (tertiary/aromatic N) is 1. The lowest BCUT2D eigenvalue weighted by Crippen LogP contribution is -2.61. The molecule has 3 aliphatic rings. The van der Waals surface area contributed by atoms with Gasteiger partial charge in [0.2, 0.25) is 5.78 Å². The van der Waals surface area contributed by atoms with Crippen molar-refractivity contribution in [2.45, 2.75) is 160 Å². The molecule has 1 unspecified atom stereocenters. The van der Waals surface area contributed by atoms with Crippen LogP contribution in [0.1, 0.15) is 105 Å². The van der Waals surface area contributed by atoms with Gasteiger partial charge in [-0.25, -0.2) is 4.79 Å². The second-order valence-corrected chi connectivity index (χ2v) is 17.2. The van der Waals surface area contributed by atoms with Gasteiger partial charge in [-0.05, 0) is 95.5 Å². The summed E-state index contributed by atoms with van der Waals surface area (Å²) in [5.74, 6) is -9.80. The van der Waals surface area contributed by atoms with E-state index >= 15 is 0 Å². The van der Waals surface area contributed by atoms with Crippen molar-refractivity contribution in [3.05, 3.63) is 36.0 Å². The number of Topliss-reactive ketones (excluding diaryl/α,β-unsaturated/α-hetero) is 2. The van der Waals surface area contributed by atoms with Gasteiger partial charge in [-0.1, -0.05) is 44.6 Å². The van der Waals surface area contributed by atoms with Crippen molar-refractivity contribution in [3.63, 3.8) is 0 Å². The topological polar surface area (TPSA) is 210 Å². The molecule has 1 amide bonds. The Morgan fingerprint density at radius 2 is 1.53 bits per heavy atom. The maximum atomic E-state index is 14.2. The number of carbonyl (C=O) groups excluding carboxylic acids is 4. The molecule has 2 fully saturated rings. The molecule has 0 bridgehead atoms. The molecule has 0 aromatic heterocycles. The highest BCUT2D eigenvalue weighted by Crippen LogP contribution is 2.33. The van der Waals surface area contributed by atoms with E-state index in [2.05, 4.69) is 6.58 Å². The fraction of sp³-hybridized carbons (Fsp3) is 0.773. The maximum absolute atomic E-state index is 14.2. The summed E-state index contributed by atoms with van der Waals surface area (Å²) in [4.78, 5) is 56.6. The number of methoxy groups -OCH3 is 3. The Bertz CT molecular complexity index is 1460. The molecule has 1 aliphatic carbocycles. The van der Waals surface area contributed by atoms with Crippen LogP contribution in [0.4, 0.5) is 0 Å². The van der Waals surface area contributed by atoms with Gasteiger partial charge >= 0.3 is 11.8 Å². The Hall–Kier alpha value is -2.82. The number of aliphatic hydroxyl groups excluding tert-OH is 3. The van der Waals surface area contributed by atoms with E-state index in [0.717, 1.165) is 10.5 Å². The highest BCUT2D eigenvalue weighted by molar-refractivity contribution is 6.08. The molecule has 58 heavy (non-hydrogen) atoms. The molecule has 0 spiro atoms. The summed E-state index contributed by atoms with van der Waals surface area (Å²) < 4.78 is 22.9. The van der Waals surface area contributed by atoms with Gasteiger partial charge in [0.25, 0.3) is 5.91 Å². The zero-order valence-corrected chi connectivity index (χ0v) is 35.9. The van der Waals surface area contributed by atoms with Crippen LogP contribution < -0.4 is 0 Å². The van der Waals surface area contributed by atoms with E-state index in [9.17, 15) is 44.7 Å². The number of carbonyl (C=O) groups is 4. The van der Waals surface area contributed by atoms with Crippen molar-refractivity contribution in [3.8, 4) is 0 Å². The maximum Gasteiger partial charge on any atom is 0.329 e. The van der Waals surface area contributed by atoms with Crippen molar-refractivity contribution in [1.29, 1.82) is 0 Å². The molecule has 330 valence electrons. The molecule has 14 nitrogen and oxygen atoms in total. The molecule has 0 radical (unpaired) electrons. The summed E-state index contributed by atoms with van der Waals surface area (Å²) in [6.45, 7) is 12.6. The lowest BCUT2D eigenvalue weighted by atomic mass is 9.81. The molecule has 1 saturated carbocycles. The largest absolute Gasteiger partial charge is 0.456 e. The van der Waals surface area contributed by atoms with E-state index in [1.54, 1.807) is 19.9 Å². The summed E-state index contributed by atoms with van der Waals surface area (Å²) in [6.07, 6.45) is 2.82. The number of ether oxygens (including phenoxy) is 4. The van der Waals surface area contributed by atoms with E-state index in [-0.39, 0.29) is 49.5 Å². The van der Waals surface area contributed by atoms with Crippen LogP contribution in [0.3, 0.4) is 0 Å². The average molecular weight is 822 g/mol. The molecule has 2 aliphatic heterocycles. The minimum Gasteiger partial charge on any atom is -0.456 e. The van der Waals surface area contributed by atoms with Gasteiger partial charge in [-0.3, -0.25) is 14.4 Å². The number of allylic oxidation sites excluding steroid dienone is 4. The molecule has 0 aromatic carbocycles. The summed E-state index contributed by atoms with van der Waals surface area (Å²) in [5.41, 5.74) is 1.52. The summed E-state index contributed by atoms with van der Waals surface area (Å²) in [7, 11) is 4.35. The van der Waals surface area contributed by atoms with Gasteiger partial charge in [-0.15, -0.1) is 6.58 Å². The average Bonchev–Trinajstić information content (AvgIpc) is 3.19. The fourth-order valence-electron chi connectivity index (χ4n) is 9.01. The SMILES string of the molecule is C=CC[C@@H]1/C=C(\C)C[C@H](C)CC(OC)[C@@H](O)[C@@H](OC)C[C@@H](C)C(=O)C(O)(O)C(=O)N2CCCC[C@H]2C(=O)O[C@H](/C(C)=C/[C@@H]2CC[C@@H](O)[C@H](OC)C2)[C@H](C)[C@@H](O)CC1=O. The lowest BCUT2D eigenvalue weighted by Gasteiger charge is -2.39. The van der Waals surface area contributed by atoms with Gasteiger partial charge in [0.05, 0.1) is 30.5 Å². The first-order chi connectivity index (χ1) is 27.3. The van der Waals surface area contributed by atoms with E-state index in [1.807, 2.05) is 26.0 Å². The minimum atomic E-state index is -3.50. The summed E-state index contributed by atoms with van der Waals surface area (Å²) >= 11 is 0. The number of esters is 1. The van der Waals surface area contributed by atoms with E-state index < -0.39 is 83.9 Å². The minimum absolute atomic E-state index is 0.0337. The molecule has 14 heteroatoms. The number of aliphatic hydroxyl groups is 5. The third-order valence-electron chi connectivity index (χ3n) is 12.5. The van der Waals surface area contributed by atoms with Gasteiger partial charge in [0.1, 0.15) is 24.0 Å². The number of hydrogen-bond acceptors (Lipinski definition) is 13. The Balaban J connectivity index is 2.10. The number of amides is 1. The quantitative estimate of drug-likeness (QED) is 0.108. The Morgan fingerprint density at radius 1 is 0.897 bits per heavy atom. The first-order valence-electron chi connectivity index (χ1n) is 20.9. The van der Waals surface area contributed by atoms with Crippen LogP contribution in [-0.4, -0.2) is 136 Å². The van der Waals surface area contributed by atoms with Crippen LogP contribution in [0.5, 0.6) is 0 Å². The Morgan fingerprint density at radius 3 is 2.16 bits per heavy atom. The van der Waals surface area contributed by atoms with Crippen LogP contribution in [0.25, 0.3) is 0 Å². The predicted octanol–water partition coefficient (Wildman–Crippen LogP) is 3.59. The molecule has 3 rings (SSSR count). The van der Waals surface area contributed by atoms with E-state index in [0.29, 0.717) is 56.9 Å². The zero-order valence-electron chi connectivity index (χ0n) is 35.9. The van der Waals surface area contributed by atoms with Gasteiger partial charge in [-0.2, -0.15) is 0 Å². The zero-order chi connectivity index (χ0) is 43.5. The van der Waals surface area contributed by atoms with Crippen LogP contribution in [0.15, 0.2) is 36.0 Å². The van der Waals surface area contributed by atoms with Gasteiger partial charge in [0, 0.05) is 52.0 Å². The van der Waals surface area contributed by atoms with E-state index in [4.69, 9.17) is 18.9 Å². The number of rotatable bonds is 7. The molecule has 5 N–H and O–H groups in total. The normalized spacial score (nSPS) is 38.3. The third-order valence-corrected chi connectivity index (χ3v) is 12.5. The summed E-state index contributed by atoms with van der Waals surface area (Å²) in [5, 5.41) is 55.9. The van der Waals surface area contributed by atoms with E-state index in [1.165, 1.54) is 28.3 Å². The van der Waals surface area contributed by atoms with Crippen LogP contribution >= 0.6 is 0 Å². The molecule has 2 heterocycles. The van der Waals surface area contributed by atoms with Gasteiger partial charge < -0.3 is 49.4 Å². The second kappa shape index (κ2) is 22.7. The second-order valence-electron chi connectivity index (χ2n) is 17.2. The van der Waals surface area contributed by atoms with Gasteiger partial charge in [0.15, 0.2) is 0 Å². The molecular weight excluding hydrogens is 750 g/mol. The Labute approximate surface area is 344 Å². The highest BCUT2D eigenvalue weighted by Gasteiger charge is 2.51. The third kappa shape index (κ3) is 12.8. The van der Waals surface area contributed by atoms with Crippen molar-refractivity contribution >= 4 is 23.4 Å². The van der Waals surface area contributed by atoms with Crippen LogP contribution in [0, 0.1) is 29.6 Å². The summed E-state index contributed by atoms with van der Waals surface area (Å²) in [6, 6.07) is -1.28. The monoisotopic (exact) mass is 821 g/mol. The molecular formula is C44H71NO13. The molecule has 1 saturated heterocycles. The van der Waals surface area contributed by atoms with Crippen molar-refractivity contribution in [2.24, 2.45) is 29.6 Å². The highest BCUT2D eigenvalue weighted by atomic mass is 16.6. The number of hydrogen-bond donors (Lipinski definition) is 5. The molecule has 0 aromatic rings. The van der Waals surface area contributed by atoms with Crippen molar-refractivity contribution < 1.29 is 63.7 Å². The number of piperidine rings is 1. The molecule has 13 atom stereocenters. The first kappa shape index (κ1) is 49.5. The standard InChI is InChI=1S/C44H71NO13/c1-10-13-31-19-25(2)18-26(3)20-37(56-8)39(49)38(57-9)22-28(5)41(50)44(53,54)43(52)45-17-12-11-14-32(45)42(51)58-40(29(6)34(47)24-35(31)48)27(4)21-30-15-16-33(46)36(23-30)55-7/h10,19,21,26,28-34,36-40,46-47,49,53-54H,1,11-18,20,22-24H2,2-9H3/b25-19+,27-21+/t26-,28+,29+,30-,31+,32-,33+,34-,36+,37?,38-,39+,40+/m0/s1. The van der Waals surface area contributed by atoms with Crippen LogP contribution in [-0.2, 0) is 38.1 Å². The van der Waals surface area contributed by atoms with Crippen molar-refractivity contribution in [1.82, 2.24) is 4.90 Å². The number of fused-ring (bicyclic) bond motifs is 1. The van der Waals surface area contributed by atoms with Crippen molar-refractivity contribution in [2.75, 3.05) is 27.9 Å². The Kier molecular flexibility index (Phi) is 19.4.